The van der Waals surface area contributed by atoms with Crippen molar-refractivity contribution >= 4 is 17.7 Å². The number of aryl methyl sites for hydroxylation is 3. The Hall–Kier alpha value is -3.57. The van der Waals surface area contributed by atoms with E-state index >= 15 is 0 Å². The minimum Gasteiger partial charge on any atom is -0.388 e. The van der Waals surface area contributed by atoms with E-state index < -0.39 is 29.7 Å². The summed E-state index contributed by atoms with van der Waals surface area (Å²) in [5.41, 5.74) is -0.384. The molecule has 34 heavy (non-hydrogen) atoms. The van der Waals surface area contributed by atoms with Gasteiger partial charge in [-0.25, -0.2) is 4.79 Å². The number of nitrogens with zero attached hydrogens (tertiary/aromatic N) is 6. The predicted molar refractivity (Wildman–Crippen MR) is 124 cm³/mol. The first-order valence-electron chi connectivity index (χ1n) is 11.2. The number of carbonyl (C=O) groups excluding carboxylic acids is 1. The van der Waals surface area contributed by atoms with Gasteiger partial charge < -0.3 is 20.1 Å². The van der Waals surface area contributed by atoms with Gasteiger partial charge in [-0.2, -0.15) is 9.97 Å². The van der Waals surface area contributed by atoms with Gasteiger partial charge in [0.15, 0.2) is 6.23 Å². The number of hydrogen-bond acceptors (Lipinski definition) is 8. The van der Waals surface area contributed by atoms with Crippen molar-refractivity contribution in [1.82, 2.24) is 24.3 Å². The molecule has 2 bridgehead atoms. The maximum Gasteiger partial charge on any atom is 0.351 e. The number of nitrogens with one attached hydrogen (secondary N) is 1. The lowest BCUT2D eigenvalue weighted by atomic mass is 9.96. The first kappa shape index (κ1) is 22.2. The van der Waals surface area contributed by atoms with E-state index in [1.165, 1.54) is 4.57 Å². The van der Waals surface area contributed by atoms with Crippen molar-refractivity contribution in [3.8, 4) is 0 Å². The van der Waals surface area contributed by atoms with E-state index in [4.69, 9.17) is 4.74 Å². The molecule has 5 rings (SSSR count). The SMILES string of the molecule is CC[C@@]12CN(c3nc(C)n(C)n3)[C@@H]([C@H](n3cc(C)c(NC(=O)c4ccccc4)nc3=O)O1)[C@@H]2O. The minimum absolute atomic E-state index is 0.183. The number of aromatic nitrogens is 5. The van der Waals surface area contributed by atoms with Crippen LogP contribution >= 0.6 is 0 Å². The molecule has 0 radical (unpaired) electrons. The van der Waals surface area contributed by atoms with Gasteiger partial charge in [0, 0.05) is 24.4 Å². The molecule has 0 aliphatic carbocycles. The molecule has 4 heterocycles. The summed E-state index contributed by atoms with van der Waals surface area (Å²) in [6, 6.07) is 8.14. The van der Waals surface area contributed by atoms with Crippen LogP contribution in [0.1, 0.15) is 41.3 Å². The summed E-state index contributed by atoms with van der Waals surface area (Å²) in [7, 11) is 1.81. The topological polar surface area (TPSA) is 127 Å². The maximum atomic E-state index is 13.1. The Labute approximate surface area is 196 Å². The zero-order chi connectivity index (χ0) is 24.2. The van der Waals surface area contributed by atoms with Crippen molar-refractivity contribution in [1.29, 1.82) is 0 Å². The zero-order valence-corrected chi connectivity index (χ0v) is 19.5. The standard InChI is InChI=1S/C23H27N7O4/c1-5-23-12-30(21-24-14(3)28(4)27-21)16(17(23)31)20(34-23)29-11-13(2)18(26-22(29)33)25-19(32)15-9-7-6-8-10-15/h6-11,16-17,20,31H,5,12H2,1-4H3,(H,25,26,32,33)/t16-,17+,20-,23+/m1/s1. The Kier molecular flexibility index (Phi) is 5.25. The van der Waals surface area contributed by atoms with Gasteiger partial charge in [-0.1, -0.05) is 25.1 Å². The molecule has 1 amide bonds. The number of amides is 1. The Morgan fingerprint density at radius 1 is 1.26 bits per heavy atom. The van der Waals surface area contributed by atoms with Crippen molar-refractivity contribution in [2.75, 3.05) is 16.8 Å². The summed E-state index contributed by atoms with van der Waals surface area (Å²) in [6.45, 7) is 5.97. The average Bonchev–Trinajstić information content (AvgIpc) is 3.42. The molecular weight excluding hydrogens is 438 g/mol. The summed E-state index contributed by atoms with van der Waals surface area (Å²) in [5, 5.41) is 18.3. The van der Waals surface area contributed by atoms with E-state index in [9.17, 15) is 14.7 Å². The fourth-order valence-corrected chi connectivity index (χ4v) is 4.74. The number of anilines is 2. The normalized spacial score (nSPS) is 25.7. The van der Waals surface area contributed by atoms with Gasteiger partial charge in [-0.05, 0) is 32.4 Å². The highest BCUT2D eigenvalue weighted by Crippen LogP contribution is 2.48. The molecule has 2 aliphatic heterocycles. The molecule has 4 atom stereocenters. The third kappa shape index (κ3) is 3.39. The first-order valence-corrected chi connectivity index (χ1v) is 11.2. The van der Waals surface area contributed by atoms with Gasteiger partial charge in [0.2, 0.25) is 5.95 Å². The minimum atomic E-state index is -0.851. The summed E-state index contributed by atoms with van der Waals surface area (Å²) < 4.78 is 9.34. The van der Waals surface area contributed by atoms with Crippen LogP contribution in [-0.2, 0) is 11.8 Å². The smallest absolute Gasteiger partial charge is 0.351 e. The molecule has 2 fully saturated rings. The largest absolute Gasteiger partial charge is 0.388 e. The van der Waals surface area contributed by atoms with E-state index in [2.05, 4.69) is 20.4 Å². The quantitative estimate of drug-likeness (QED) is 0.575. The molecule has 3 aromatic rings. The number of aliphatic hydroxyl groups excluding tert-OH is 1. The van der Waals surface area contributed by atoms with Gasteiger partial charge in [-0.3, -0.25) is 14.0 Å². The highest BCUT2D eigenvalue weighted by molar-refractivity contribution is 6.03. The van der Waals surface area contributed by atoms with E-state index in [0.717, 1.165) is 5.82 Å². The lowest BCUT2D eigenvalue weighted by Gasteiger charge is -2.36. The second-order valence-electron chi connectivity index (χ2n) is 8.86. The molecule has 11 heteroatoms. The van der Waals surface area contributed by atoms with E-state index in [0.29, 0.717) is 30.0 Å². The fraction of sp³-hybridized carbons (Fsp3) is 0.435. The van der Waals surface area contributed by atoms with Crippen molar-refractivity contribution in [3.05, 3.63) is 64.0 Å². The van der Waals surface area contributed by atoms with Crippen LogP contribution < -0.4 is 15.9 Å². The number of rotatable bonds is 5. The molecule has 2 aliphatic rings. The van der Waals surface area contributed by atoms with Gasteiger partial charge >= 0.3 is 5.69 Å². The van der Waals surface area contributed by atoms with E-state index in [-0.39, 0.29) is 11.7 Å². The molecule has 11 nitrogen and oxygen atoms in total. The molecule has 0 saturated carbocycles. The number of aliphatic hydroxyl groups is 1. The Morgan fingerprint density at radius 2 is 2.00 bits per heavy atom. The Bertz CT molecular complexity index is 1280. The van der Waals surface area contributed by atoms with Crippen molar-refractivity contribution < 1.29 is 14.6 Å². The maximum absolute atomic E-state index is 13.1. The van der Waals surface area contributed by atoms with Crippen LogP contribution in [0.2, 0.25) is 0 Å². The van der Waals surface area contributed by atoms with E-state index in [1.54, 1.807) is 49.1 Å². The highest BCUT2D eigenvalue weighted by atomic mass is 16.6. The first-order chi connectivity index (χ1) is 16.2. The lowest BCUT2D eigenvalue weighted by molar-refractivity contribution is -0.107. The predicted octanol–water partition coefficient (Wildman–Crippen LogP) is 1.17. The third-order valence-electron chi connectivity index (χ3n) is 6.81. The number of carbonyl (C=O) groups is 1. The molecule has 2 aromatic heterocycles. The van der Waals surface area contributed by atoms with Crippen LogP contribution in [-0.4, -0.2) is 59.6 Å². The Morgan fingerprint density at radius 3 is 2.62 bits per heavy atom. The van der Waals surface area contributed by atoms with Crippen LogP contribution in [0.25, 0.3) is 0 Å². The number of fused-ring (bicyclic) bond motifs is 2. The van der Waals surface area contributed by atoms with Gasteiger partial charge in [0.1, 0.15) is 29.4 Å². The number of benzene rings is 1. The molecule has 0 spiro atoms. The van der Waals surface area contributed by atoms with E-state index in [1.807, 2.05) is 24.8 Å². The van der Waals surface area contributed by atoms with Crippen molar-refractivity contribution in [3.63, 3.8) is 0 Å². The Balaban J connectivity index is 1.48. The van der Waals surface area contributed by atoms with Crippen molar-refractivity contribution in [2.45, 2.75) is 51.2 Å². The molecule has 0 unspecified atom stereocenters. The van der Waals surface area contributed by atoms with Crippen LogP contribution in [0.15, 0.2) is 41.3 Å². The van der Waals surface area contributed by atoms with Crippen LogP contribution in [0.5, 0.6) is 0 Å². The average molecular weight is 466 g/mol. The molecule has 1 aromatic carbocycles. The summed E-state index contributed by atoms with van der Waals surface area (Å²) in [4.78, 5) is 36.1. The summed E-state index contributed by atoms with van der Waals surface area (Å²) >= 11 is 0. The van der Waals surface area contributed by atoms with Crippen molar-refractivity contribution in [2.24, 2.45) is 7.05 Å². The molecule has 178 valence electrons. The van der Waals surface area contributed by atoms with Gasteiger partial charge in [-0.15, -0.1) is 5.10 Å². The monoisotopic (exact) mass is 465 g/mol. The summed E-state index contributed by atoms with van der Waals surface area (Å²) in [6.07, 6.45) is 0.532. The molecule has 2 saturated heterocycles. The number of ether oxygens (including phenoxy) is 1. The zero-order valence-electron chi connectivity index (χ0n) is 19.5. The number of morpholine rings is 1. The molecule has 2 N–H and O–H groups in total. The summed E-state index contributed by atoms with van der Waals surface area (Å²) in [5.74, 6) is 1.05. The second-order valence-corrected chi connectivity index (χ2v) is 8.86. The van der Waals surface area contributed by atoms with Crippen LogP contribution in [0.3, 0.4) is 0 Å². The van der Waals surface area contributed by atoms with Crippen LogP contribution in [0.4, 0.5) is 11.8 Å². The fourth-order valence-electron chi connectivity index (χ4n) is 4.74. The van der Waals surface area contributed by atoms with Crippen LogP contribution in [0, 0.1) is 13.8 Å². The lowest BCUT2D eigenvalue weighted by Crippen LogP contribution is -2.48. The van der Waals surface area contributed by atoms with Gasteiger partial charge in [0.05, 0.1) is 6.54 Å². The molecular formula is C23H27N7O4. The van der Waals surface area contributed by atoms with Gasteiger partial charge in [0.25, 0.3) is 5.91 Å². The highest BCUT2D eigenvalue weighted by Gasteiger charge is 2.64. The third-order valence-corrected chi connectivity index (χ3v) is 6.81. The second kappa shape index (κ2) is 8.03. The number of hydrogen-bond donors (Lipinski definition) is 2.